The minimum atomic E-state index is -0.0137. The number of rotatable bonds is 5. The number of hydrogen-bond donors (Lipinski definition) is 1. The van der Waals surface area contributed by atoms with Gasteiger partial charge in [0.1, 0.15) is 0 Å². The molecule has 1 aliphatic rings. The molecule has 1 aromatic heterocycles. The molecule has 1 amide bonds. The second kappa shape index (κ2) is 7.37. The Labute approximate surface area is 168 Å². The number of carbonyl (C=O) groups excluding carboxylic acids is 1. The number of nitrogens with one attached hydrogen (secondary N) is 1. The number of anilines is 1. The van der Waals surface area contributed by atoms with E-state index in [-0.39, 0.29) is 17.7 Å². The first-order chi connectivity index (χ1) is 13.0. The van der Waals surface area contributed by atoms with Crippen molar-refractivity contribution in [2.45, 2.75) is 25.8 Å². The van der Waals surface area contributed by atoms with Crippen LogP contribution in [0.5, 0.6) is 0 Å². The Balaban J connectivity index is 1.41. The topological polar surface area (TPSA) is 46.9 Å². The van der Waals surface area contributed by atoms with E-state index in [1.165, 1.54) is 0 Å². The summed E-state index contributed by atoms with van der Waals surface area (Å²) in [7, 11) is 0. The van der Waals surface area contributed by atoms with Crippen LogP contribution in [0, 0.1) is 12.8 Å². The molecule has 138 valence electrons. The highest BCUT2D eigenvalue weighted by Gasteiger charge is 2.44. The van der Waals surface area contributed by atoms with Crippen molar-refractivity contribution in [2.24, 2.45) is 5.92 Å². The minimum absolute atomic E-state index is 0.0114. The van der Waals surface area contributed by atoms with Crippen molar-refractivity contribution >= 4 is 34.9 Å². The molecule has 0 radical (unpaired) electrons. The molecular weight excluding hydrogens is 381 g/mol. The second-order valence-corrected chi connectivity index (χ2v) is 7.75. The van der Waals surface area contributed by atoms with Crippen LogP contribution in [0.1, 0.15) is 29.2 Å². The maximum absolute atomic E-state index is 12.6. The summed E-state index contributed by atoms with van der Waals surface area (Å²) in [4.78, 5) is 12.6. The second-order valence-electron chi connectivity index (χ2n) is 6.91. The molecule has 0 aliphatic heterocycles. The van der Waals surface area contributed by atoms with E-state index in [0.717, 1.165) is 23.2 Å². The molecule has 0 bridgehead atoms. The van der Waals surface area contributed by atoms with Crippen molar-refractivity contribution < 1.29 is 4.79 Å². The number of halogens is 2. The van der Waals surface area contributed by atoms with E-state index in [2.05, 4.69) is 10.4 Å². The zero-order chi connectivity index (χ0) is 19.0. The molecule has 2 aromatic carbocycles. The Hall–Kier alpha value is -2.30. The van der Waals surface area contributed by atoms with Crippen LogP contribution in [0.2, 0.25) is 10.0 Å². The summed E-state index contributed by atoms with van der Waals surface area (Å²) < 4.78 is 1.85. The summed E-state index contributed by atoms with van der Waals surface area (Å²) in [5, 5.41) is 8.88. The number of nitrogens with zero attached hydrogens (tertiary/aromatic N) is 2. The number of carbonyl (C=O) groups is 1. The molecule has 3 aromatic rings. The van der Waals surface area contributed by atoms with Crippen LogP contribution >= 0.6 is 23.2 Å². The lowest BCUT2D eigenvalue weighted by atomic mass is 10.1. The van der Waals surface area contributed by atoms with Gasteiger partial charge in [-0.15, -0.1) is 0 Å². The van der Waals surface area contributed by atoms with Crippen molar-refractivity contribution in [3.63, 3.8) is 0 Å². The van der Waals surface area contributed by atoms with Gasteiger partial charge in [0, 0.05) is 27.7 Å². The smallest absolute Gasteiger partial charge is 0.229 e. The van der Waals surface area contributed by atoms with Crippen LogP contribution in [-0.2, 0) is 11.3 Å². The van der Waals surface area contributed by atoms with Crippen LogP contribution in [0.25, 0.3) is 0 Å². The Bertz CT molecular complexity index is 981. The average Bonchev–Trinajstić information content (AvgIpc) is 3.37. The third kappa shape index (κ3) is 4.02. The zero-order valence-electron chi connectivity index (χ0n) is 14.8. The molecule has 0 spiro atoms. The summed E-state index contributed by atoms with van der Waals surface area (Å²) >= 11 is 12.2. The van der Waals surface area contributed by atoms with E-state index in [1.54, 1.807) is 0 Å². The lowest BCUT2D eigenvalue weighted by molar-refractivity contribution is -0.117. The van der Waals surface area contributed by atoms with E-state index in [9.17, 15) is 4.79 Å². The van der Waals surface area contributed by atoms with Crippen molar-refractivity contribution in [1.29, 1.82) is 0 Å². The molecule has 4 rings (SSSR count). The Kier molecular flexibility index (Phi) is 4.94. The summed E-state index contributed by atoms with van der Waals surface area (Å²) in [6.07, 6.45) is 0.854. The fourth-order valence-corrected chi connectivity index (χ4v) is 3.62. The Morgan fingerprint density at radius 3 is 2.67 bits per heavy atom. The predicted octanol–water partition coefficient (Wildman–Crippen LogP) is 5.29. The summed E-state index contributed by atoms with van der Waals surface area (Å²) in [5.74, 6) is 0.831. The van der Waals surface area contributed by atoms with Gasteiger partial charge in [0.05, 0.1) is 6.54 Å². The Morgan fingerprint density at radius 1 is 1.19 bits per heavy atom. The first kappa shape index (κ1) is 18.1. The van der Waals surface area contributed by atoms with E-state index >= 15 is 0 Å². The number of aryl methyl sites for hydroxylation is 1. The fourth-order valence-electron chi connectivity index (χ4n) is 3.30. The standard InChI is InChI=1S/C21H19Cl2N3O/c1-13-10-20(25-26(13)12-15-4-2-3-5-19(15)23)24-21(27)18-11-17(18)14-6-8-16(22)9-7-14/h2-10,17-18H,11-12H2,1H3,(H,24,25,27). The fraction of sp³-hybridized carbons (Fsp3) is 0.238. The highest BCUT2D eigenvalue weighted by molar-refractivity contribution is 6.31. The third-order valence-corrected chi connectivity index (χ3v) is 5.56. The largest absolute Gasteiger partial charge is 0.309 e. The van der Waals surface area contributed by atoms with Gasteiger partial charge in [0.25, 0.3) is 0 Å². The van der Waals surface area contributed by atoms with Crippen molar-refractivity contribution in [2.75, 3.05) is 5.32 Å². The quantitative estimate of drug-likeness (QED) is 0.633. The van der Waals surface area contributed by atoms with Crippen molar-refractivity contribution in [3.05, 3.63) is 81.5 Å². The molecule has 1 aliphatic carbocycles. The molecule has 1 fully saturated rings. The predicted molar refractivity (Wildman–Crippen MR) is 108 cm³/mol. The lowest BCUT2D eigenvalue weighted by Gasteiger charge is -2.06. The maximum Gasteiger partial charge on any atom is 0.229 e. The van der Waals surface area contributed by atoms with Crippen molar-refractivity contribution in [3.8, 4) is 0 Å². The first-order valence-corrected chi connectivity index (χ1v) is 9.61. The van der Waals surface area contributed by atoms with Gasteiger partial charge < -0.3 is 5.32 Å². The number of amides is 1. The zero-order valence-corrected chi connectivity index (χ0v) is 16.3. The lowest BCUT2D eigenvalue weighted by Crippen LogP contribution is -2.15. The summed E-state index contributed by atoms with van der Waals surface area (Å²) in [5.41, 5.74) is 3.11. The van der Waals surface area contributed by atoms with E-state index in [0.29, 0.717) is 22.4 Å². The average molecular weight is 400 g/mol. The van der Waals surface area contributed by atoms with Gasteiger partial charge in [0.15, 0.2) is 5.82 Å². The molecule has 2 unspecified atom stereocenters. The van der Waals surface area contributed by atoms with E-state index in [4.69, 9.17) is 23.2 Å². The van der Waals surface area contributed by atoms with Gasteiger partial charge in [-0.3, -0.25) is 9.48 Å². The SMILES string of the molecule is Cc1cc(NC(=O)C2CC2c2ccc(Cl)cc2)nn1Cc1ccccc1Cl. The monoisotopic (exact) mass is 399 g/mol. The van der Waals surface area contributed by atoms with E-state index < -0.39 is 0 Å². The molecule has 1 saturated carbocycles. The van der Waals surface area contributed by atoms with Crippen LogP contribution in [0.15, 0.2) is 54.6 Å². The van der Waals surface area contributed by atoms with Gasteiger partial charge >= 0.3 is 0 Å². The van der Waals surface area contributed by atoms with Crippen molar-refractivity contribution in [1.82, 2.24) is 9.78 Å². The molecule has 1 N–H and O–H groups in total. The maximum atomic E-state index is 12.6. The van der Waals surface area contributed by atoms with Crippen LogP contribution in [0.4, 0.5) is 5.82 Å². The summed E-state index contributed by atoms with van der Waals surface area (Å²) in [6, 6.07) is 17.3. The molecule has 1 heterocycles. The van der Waals surface area contributed by atoms with Gasteiger partial charge in [-0.2, -0.15) is 5.10 Å². The van der Waals surface area contributed by atoms with Crippen LogP contribution < -0.4 is 5.32 Å². The number of aromatic nitrogens is 2. The number of benzene rings is 2. The highest BCUT2D eigenvalue weighted by atomic mass is 35.5. The molecule has 6 heteroatoms. The molecule has 4 nitrogen and oxygen atoms in total. The molecular formula is C21H19Cl2N3O. The van der Waals surface area contributed by atoms with Gasteiger partial charge in [-0.1, -0.05) is 53.5 Å². The third-order valence-electron chi connectivity index (χ3n) is 4.94. The molecule has 27 heavy (non-hydrogen) atoms. The molecule has 0 saturated heterocycles. The first-order valence-electron chi connectivity index (χ1n) is 8.85. The van der Waals surface area contributed by atoms with Gasteiger partial charge in [-0.25, -0.2) is 0 Å². The number of hydrogen-bond acceptors (Lipinski definition) is 2. The van der Waals surface area contributed by atoms with E-state index in [1.807, 2.05) is 66.2 Å². The highest BCUT2D eigenvalue weighted by Crippen LogP contribution is 2.48. The van der Waals surface area contributed by atoms with Crippen LogP contribution in [-0.4, -0.2) is 15.7 Å². The Morgan fingerprint density at radius 2 is 1.93 bits per heavy atom. The van der Waals surface area contributed by atoms with Gasteiger partial charge in [0.2, 0.25) is 5.91 Å². The minimum Gasteiger partial charge on any atom is -0.309 e. The normalized spacial score (nSPS) is 18.3. The summed E-state index contributed by atoms with van der Waals surface area (Å²) in [6.45, 7) is 2.53. The van der Waals surface area contributed by atoms with Crippen LogP contribution in [0.3, 0.4) is 0 Å². The van der Waals surface area contributed by atoms with Gasteiger partial charge in [-0.05, 0) is 48.6 Å². The molecule has 2 atom stereocenters.